The Hall–Kier alpha value is -2.60. The molecule has 0 atom stereocenters. The molecule has 0 fully saturated rings. The first kappa shape index (κ1) is 15.0. The lowest BCUT2D eigenvalue weighted by atomic mass is 10.1. The minimum atomic E-state index is -0.301. The van der Waals surface area contributed by atoms with Gasteiger partial charge < -0.3 is 9.47 Å². The smallest absolute Gasteiger partial charge is 0.163 e. The molecule has 3 aromatic rings. The fourth-order valence-corrected chi connectivity index (χ4v) is 2.82. The van der Waals surface area contributed by atoms with Gasteiger partial charge in [-0.05, 0) is 36.4 Å². The molecule has 0 saturated carbocycles. The van der Waals surface area contributed by atoms with E-state index in [1.807, 2.05) is 18.2 Å². The summed E-state index contributed by atoms with van der Waals surface area (Å²) in [5, 5.41) is 8.33. The number of fused-ring (bicyclic) bond motifs is 1. The molecule has 5 nitrogen and oxygen atoms in total. The van der Waals surface area contributed by atoms with Gasteiger partial charge in [-0.1, -0.05) is 5.21 Å². The molecule has 1 aromatic heterocycles. The van der Waals surface area contributed by atoms with Crippen LogP contribution in [0.3, 0.4) is 0 Å². The highest BCUT2D eigenvalue weighted by Crippen LogP contribution is 2.34. The van der Waals surface area contributed by atoms with E-state index in [0.29, 0.717) is 30.4 Å². The van der Waals surface area contributed by atoms with E-state index in [4.69, 9.17) is 21.1 Å². The molecule has 2 aromatic carbocycles. The first-order valence-corrected chi connectivity index (χ1v) is 7.96. The molecule has 0 N–H and O–H groups in total. The standard InChI is InChI=1S/C17H13ClFN3O2/c18-10-14-17(11-1-3-12(19)4-2-11)22(21-20-14)13-5-6-15-16(9-13)24-8-7-23-15/h1-6,9H,7-8,10H2. The quantitative estimate of drug-likeness (QED) is 0.681. The van der Waals surface area contributed by atoms with Gasteiger partial charge in [0.25, 0.3) is 0 Å². The lowest BCUT2D eigenvalue weighted by Gasteiger charge is -2.19. The molecule has 0 bridgehead atoms. The first-order chi connectivity index (χ1) is 11.8. The van der Waals surface area contributed by atoms with Crippen molar-refractivity contribution in [1.29, 1.82) is 0 Å². The van der Waals surface area contributed by atoms with Crippen LogP contribution in [0.2, 0.25) is 0 Å². The van der Waals surface area contributed by atoms with E-state index in [1.54, 1.807) is 16.8 Å². The fourth-order valence-electron chi connectivity index (χ4n) is 2.64. The average Bonchev–Trinajstić information content (AvgIpc) is 3.06. The van der Waals surface area contributed by atoms with E-state index in [2.05, 4.69) is 10.3 Å². The van der Waals surface area contributed by atoms with Crippen molar-refractivity contribution in [1.82, 2.24) is 15.0 Å². The van der Waals surface area contributed by atoms with Gasteiger partial charge in [0.1, 0.15) is 24.7 Å². The van der Waals surface area contributed by atoms with Gasteiger partial charge in [-0.25, -0.2) is 9.07 Å². The van der Waals surface area contributed by atoms with Crippen molar-refractivity contribution >= 4 is 11.6 Å². The summed E-state index contributed by atoms with van der Waals surface area (Å²) < 4.78 is 26.1. The van der Waals surface area contributed by atoms with Crippen molar-refractivity contribution in [3.8, 4) is 28.4 Å². The van der Waals surface area contributed by atoms with E-state index in [1.165, 1.54) is 12.1 Å². The predicted molar refractivity (Wildman–Crippen MR) is 87.3 cm³/mol. The summed E-state index contributed by atoms with van der Waals surface area (Å²) in [6.45, 7) is 1.04. The number of benzene rings is 2. The van der Waals surface area contributed by atoms with Crippen LogP contribution in [-0.2, 0) is 5.88 Å². The minimum Gasteiger partial charge on any atom is -0.486 e. The fraction of sp³-hybridized carbons (Fsp3) is 0.176. The van der Waals surface area contributed by atoms with Gasteiger partial charge in [-0.2, -0.15) is 0 Å². The van der Waals surface area contributed by atoms with Gasteiger partial charge in [-0.3, -0.25) is 0 Å². The van der Waals surface area contributed by atoms with E-state index in [0.717, 1.165) is 16.9 Å². The monoisotopic (exact) mass is 345 g/mol. The van der Waals surface area contributed by atoms with Gasteiger partial charge >= 0.3 is 0 Å². The van der Waals surface area contributed by atoms with E-state index in [9.17, 15) is 4.39 Å². The maximum Gasteiger partial charge on any atom is 0.163 e. The Labute approximate surface area is 142 Å². The molecular formula is C17H13ClFN3O2. The molecule has 1 aliphatic rings. The zero-order valence-electron chi connectivity index (χ0n) is 12.6. The van der Waals surface area contributed by atoms with Crippen LogP contribution in [0.15, 0.2) is 42.5 Å². The second-order valence-corrected chi connectivity index (χ2v) is 5.53. The molecule has 0 unspecified atom stereocenters. The Morgan fingerprint density at radius 3 is 2.54 bits per heavy atom. The summed E-state index contributed by atoms with van der Waals surface area (Å²) in [5.41, 5.74) is 2.90. The van der Waals surface area contributed by atoms with Crippen LogP contribution in [0.25, 0.3) is 16.9 Å². The van der Waals surface area contributed by atoms with Crippen LogP contribution in [-0.4, -0.2) is 28.2 Å². The van der Waals surface area contributed by atoms with E-state index in [-0.39, 0.29) is 11.7 Å². The Morgan fingerprint density at radius 1 is 1.04 bits per heavy atom. The summed E-state index contributed by atoms with van der Waals surface area (Å²) in [5.74, 6) is 1.26. The van der Waals surface area contributed by atoms with Crippen molar-refractivity contribution in [3.05, 3.63) is 54.0 Å². The van der Waals surface area contributed by atoms with Crippen molar-refractivity contribution in [2.24, 2.45) is 0 Å². The van der Waals surface area contributed by atoms with E-state index < -0.39 is 0 Å². The third-order valence-electron chi connectivity index (χ3n) is 3.75. The topological polar surface area (TPSA) is 49.2 Å². The van der Waals surface area contributed by atoms with Crippen molar-refractivity contribution in [2.45, 2.75) is 5.88 Å². The Bertz CT molecular complexity index is 880. The number of nitrogens with zero attached hydrogens (tertiary/aromatic N) is 3. The lowest BCUT2D eigenvalue weighted by Crippen LogP contribution is -2.15. The van der Waals surface area contributed by atoms with Gasteiger partial charge in [0.2, 0.25) is 0 Å². The molecule has 0 radical (unpaired) electrons. The molecule has 122 valence electrons. The number of hydrogen-bond acceptors (Lipinski definition) is 4. The average molecular weight is 346 g/mol. The molecular weight excluding hydrogens is 333 g/mol. The maximum atomic E-state index is 13.2. The summed E-state index contributed by atoms with van der Waals surface area (Å²) in [7, 11) is 0. The highest BCUT2D eigenvalue weighted by atomic mass is 35.5. The zero-order chi connectivity index (χ0) is 16.5. The highest BCUT2D eigenvalue weighted by molar-refractivity contribution is 6.17. The molecule has 1 aliphatic heterocycles. The Morgan fingerprint density at radius 2 is 1.79 bits per heavy atom. The molecule has 4 rings (SSSR count). The van der Waals surface area contributed by atoms with Crippen LogP contribution in [0, 0.1) is 5.82 Å². The number of rotatable bonds is 3. The summed E-state index contributed by atoms with van der Waals surface area (Å²) in [4.78, 5) is 0. The molecule has 0 amide bonds. The SMILES string of the molecule is Fc1ccc(-c2c(CCl)nnn2-c2ccc3c(c2)OCCO3)cc1. The van der Waals surface area contributed by atoms with Crippen molar-refractivity contribution < 1.29 is 13.9 Å². The van der Waals surface area contributed by atoms with Gasteiger partial charge in [0.15, 0.2) is 11.5 Å². The number of halogens is 2. The number of ether oxygens (including phenoxy) is 2. The number of alkyl halides is 1. The van der Waals surface area contributed by atoms with Gasteiger partial charge in [0.05, 0.1) is 17.3 Å². The highest BCUT2D eigenvalue weighted by Gasteiger charge is 2.18. The number of aromatic nitrogens is 3. The largest absolute Gasteiger partial charge is 0.486 e. The van der Waals surface area contributed by atoms with Crippen molar-refractivity contribution in [2.75, 3.05) is 13.2 Å². The van der Waals surface area contributed by atoms with Gasteiger partial charge in [0, 0.05) is 11.6 Å². The third kappa shape index (κ3) is 2.59. The molecule has 0 aliphatic carbocycles. The Balaban J connectivity index is 1.84. The number of hydrogen-bond donors (Lipinski definition) is 0. The van der Waals surface area contributed by atoms with Gasteiger partial charge in [-0.15, -0.1) is 16.7 Å². The molecule has 0 saturated heterocycles. The third-order valence-corrected chi connectivity index (χ3v) is 4.01. The summed E-state index contributed by atoms with van der Waals surface area (Å²) >= 11 is 5.99. The van der Waals surface area contributed by atoms with Crippen LogP contribution in [0.4, 0.5) is 4.39 Å². The first-order valence-electron chi connectivity index (χ1n) is 7.43. The van der Waals surface area contributed by atoms with Crippen LogP contribution < -0.4 is 9.47 Å². The second-order valence-electron chi connectivity index (χ2n) is 5.27. The van der Waals surface area contributed by atoms with Crippen LogP contribution in [0.5, 0.6) is 11.5 Å². The zero-order valence-corrected chi connectivity index (χ0v) is 13.3. The van der Waals surface area contributed by atoms with Crippen LogP contribution in [0.1, 0.15) is 5.69 Å². The van der Waals surface area contributed by atoms with Crippen molar-refractivity contribution in [3.63, 3.8) is 0 Å². The normalized spacial score (nSPS) is 13.1. The Kier molecular flexibility index (Phi) is 3.82. The predicted octanol–water partition coefficient (Wildman–Crippen LogP) is 3.58. The summed E-state index contributed by atoms with van der Waals surface area (Å²) in [6, 6.07) is 11.7. The van der Waals surface area contributed by atoms with E-state index >= 15 is 0 Å². The molecule has 24 heavy (non-hydrogen) atoms. The maximum absolute atomic E-state index is 13.2. The van der Waals surface area contributed by atoms with Crippen LogP contribution >= 0.6 is 11.6 Å². The molecule has 7 heteroatoms. The lowest BCUT2D eigenvalue weighted by molar-refractivity contribution is 0.171. The second kappa shape index (κ2) is 6.13. The summed E-state index contributed by atoms with van der Waals surface area (Å²) in [6.07, 6.45) is 0. The molecule has 0 spiro atoms. The molecule has 2 heterocycles. The minimum absolute atomic E-state index is 0.206.